The first kappa shape index (κ1) is 17.8. The van der Waals surface area contributed by atoms with Gasteiger partial charge in [0.25, 0.3) is 5.91 Å². The minimum Gasteiger partial charge on any atom is -0.493 e. The van der Waals surface area contributed by atoms with Crippen LogP contribution in [0.2, 0.25) is 0 Å². The molecule has 6 heteroatoms. The standard InChI is InChI=1S/C18H25N3O3/c1-6-24-16-8-7-14(11-17(16)23-5)13(4)19-18(22)15-9-10-21(20-15)12(2)3/h7-13H,6H2,1-5H3,(H,19,22)/t13-/m0/s1. The number of rotatable bonds is 7. The molecule has 0 aliphatic carbocycles. The number of nitrogens with zero attached hydrogens (tertiary/aromatic N) is 2. The summed E-state index contributed by atoms with van der Waals surface area (Å²) in [6.07, 6.45) is 1.81. The highest BCUT2D eigenvalue weighted by Gasteiger charge is 2.16. The molecule has 2 aromatic rings. The van der Waals surface area contributed by atoms with Gasteiger partial charge in [-0.2, -0.15) is 5.10 Å². The molecular weight excluding hydrogens is 306 g/mol. The fourth-order valence-corrected chi connectivity index (χ4v) is 2.33. The van der Waals surface area contributed by atoms with Crippen molar-refractivity contribution < 1.29 is 14.3 Å². The van der Waals surface area contributed by atoms with E-state index in [-0.39, 0.29) is 18.0 Å². The van der Waals surface area contributed by atoms with E-state index in [9.17, 15) is 4.79 Å². The van der Waals surface area contributed by atoms with E-state index in [2.05, 4.69) is 10.4 Å². The van der Waals surface area contributed by atoms with Crippen LogP contribution in [0.25, 0.3) is 0 Å². The first-order valence-electron chi connectivity index (χ1n) is 8.13. The molecule has 0 bridgehead atoms. The summed E-state index contributed by atoms with van der Waals surface area (Å²) in [5.41, 5.74) is 1.35. The number of carbonyl (C=O) groups is 1. The Hall–Kier alpha value is -2.50. The summed E-state index contributed by atoms with van der Waals surface area (Å²) in [5.74, 6) is 1.15. The molecule has 0 radical (unpaired) electrons. The number of carbonyl (C=O) groups excluding carboxylic acids is 1. The molecule has 0 spiro atoms. The van der Waals surface area contributed by atoms with E-state index in [4.69, 9.17) is 9.47 Å². The lowest BCUT2D eigenvalue weighted by molar-refractivity contribution is 0.0933. The van der Waals surface area contributed by atoms with Crippen molar-refractivity contribution in [1.82, 2.24) is 15.1 Å². The van der Waals surface area contributed by atoms with Crippen LogP contribution >= 0.6 is 0 Å². The lowest BCUT2D eigenvalue weighted by Crippen LogP contribution is -2.27. The summed E-state index contributed by atoms with van der Waals surface area (Å²) in [5, 5.41) is 7.24. The lowest BCUT2D eigenvalue weighted by Gasteiger charge is -2.16. The summed E-state index contributed by atoms with van der Waals surface area (Å²) >= 11 is 0. The summed E-state index contributed by atoms with van der Waals surface area (Å²) < 4.78 is 12.6. The van der Waals surface area contributed by atoms with Crippen molar-refractivity contribution in [2.45, 2.75) is 39.8 Å². The predicted molar refractivity (Wildman–Crippen MR) is 92.7 cm³/mol. The second kappa shape index (κ2) is 7.86. The van der Waals surface area contributed by atoms with Crippen molar-refractivity contribution in [2.75, 3.05) is 13.7 Å². The van der Waals surface area contributed by atoms with E-state index < -0.39 is 0 Å². The Bertz CT molecular complexity index is 695. The molecule has 1 amide bonds. The maximum absolute atomic E-state index is 12.3. The minimum atomic E-state index is -0.199. The smallest absolute Gasteiger partial charge is 0.272 e. The molecule has 0 aliphatic heterocycles. The zero-order valence-electron chi connectivity index (χ0n) is 14.9. The quantitative estimate of drug-likeness (QED) is 0.845. The maximum Gasteiger partial charge on any atom is 0.272 e. The van der Waals surface area contributed by atoms with Crippen molar-refractivity contribution in [2.24, 2.45) is 0 Å². The molecule has 0 aliphatic rings. The molecule has 24 heavy (non-hydrogen) atoms. The number of nitrogens with one attached hydrogen (secondary N) is 1. The molecule has 130 valence electrons. The highest BCUT2D eigenvalue weighted by molar-refractivity contribution is 5.92. The van der Waals surface area contributed by atoms with Crippen LogP contribution in [0.3, 0.4) is 0 Å². The molecular formula is C18H25N3O3. The van der Waals surface area contributed by atoms with E-state index in [0.29, 0.717) is 23.8 Å². The highest BCUT2D eigenvalue weighted by atomic mass is 16.5. The van der Waals surface area contributed by atoms with Crippen LogP contribution in [0.4, 0.5) is 0 Å². The number of ether oxygens (including phenoxy) is 2. The van der Waals surface area contributed by atoms with E-state index in [1.165, 1.54) is 0 Å². The Balaban J connectivity index is 2.10. The van der Waals surface area contributed by atoms with Crippen LogP contribution in [0.1, 0.15) is 55.8 Å². The van der Waals surface area contributed by atoms with Gasteiger partial charge in [0.15, 0.2) is 11.5 Å². The molecule has 0 saturated carbocycles. The van der Waals surface area contributed by atoms with Gasteiger partial charge >= 0.3 is 0 Å². The summed E-state index contributed by atoms with van der Waals surface area (Å²) in [6, 6.07) is 7.42. The second-order valence-corrected chi connectivity index (χ2v) is 5.81. The largest absolute Gasteiger partial charge is 0.493 e. The van der Waals surface area contributed by atoms with Gasteiger partial charge < -0.3 is 14.8 Å². The van der Waals surface area contributed by atoms with Gasteiger partial charge in [-0.1, -0.05) is 6.07 Å². The SMILES string of the molecule is CCOc1ccc([C@H](C)NC(=O)c2ccn(C(C)C)n2)cc1OC. The third-order valence-electron chi connectivity index (χ3n) is 3.71. The van der Waals surface area contributed by atoms with Crippen LogP contribution in [-0.4, -0.2) is 29.4 Å². The molecule has 2 rings (SSSR count). The highest BCUT2D eigenvalue weighted by Crippen LogP contribution is 2.30. The Morgan fingerprint density at radius 3 is 2.58 bits per heavy atom. The van der Waals surface area contributed by atoms with Gasteiger partial charge in [0.05, 0.1) is 19.8 Å². The van der Waals surface area contributed by atoms with Gasteiger partial charge in [0.2, 0.25) is 0 Å². The Morgan fingerprint density at radius 2 is 2.00 bits per heavy atom. The van der Waals surface area contributed by atoms with Crippen molar-refractivity contribution in [3.05, 3.63) is 41.7 Å². The lowest BCUT2D eigenvalue weighted by atomic mass is 10.1. The van der Waals surface area contributed by atoms with Gasteiger partial charge in [0, 0.05) is 12.2 Å². The predicted octanol–water partition coefficient (Wildman–Crippen LogP) is 3.36. The minimum absolute atomic E-state index is 0.175. The van der Waals surface area contributed by atoms with Gasteiger partial charge in [-0.15, -0.1) is 0 Å². The summed E-state index contributed by atoms with van der Waals surface area (Å²) in [4.78, 5) is 12.3. The van der Waals surface area contributed by atoms with Gasteiger partial charge in [-0.05, 0) is 51.5 Å². The third kappa shape index (κ3) is 4.07. The zero-order valence-corrected chi connectivity index (χ0v) is 14.9. The molecule has 1 aromatic carbocycles. The summed E-state index contributed by atoms with van der Waals surface area (Å²) in [7, 11) is 1.60. The van der Waals surface area contributed by atoms with Crippen molar-refractivity contribution >= 4 is 5.91 Å². The average Bonchev–Trinajstić information content (AvgIpc) is 3.05. The van der Waals surface area contributed by atoms with Crippen LogP contribution in [0.15, 0.2) is 30.5 Å². The third-order valence-corrected chi connectivity index (χ3v) is 3.71. The molecule has 6 nitrogen and oxygen atoms in total. The van der Waals surface area contributed by atoms with Crippen molar-refractivity contribution in [3.63, 3.8) is 0 Å². The molecule has 0 saturated heterocycles. The molecule has 1 N–H and O–H groups in total. The van der Waals surface area contributed by atoms with Crippen LogP contribution in [0.5, 0.6) is 11.5 Å². The normalized spacial score (nSPS) is 12.1. The average molecular weight is 331 g/mol. The molecule has 0 unspecified atom stereocenters. The van der Waals surface area contributed by atoms with Gasteiger partial charge in [-0.25, -0.2) is 0 Å². The topological polar surface area (TPSA) is 65.4 Å². The number of amides is 1. The van der Waals surface area contributed by atoms with Crippen LogP contribution in [0, 0.1) is 0 Å². The number of methoxy groups -OCH3 is 1. The molecule has 1 heterocycles. The maximum atomic E-state index is 12.3. The van der Waals surface area contributed by atoms with E-state index >= 15 is 0 Å². The summed E-state index contributed by atoms with van der Waals surface area (Å²) in [6.45, 7) is 8.45. The first-order chi connectivity index (χ1) is 11.5. The Kier molecular flexibility index (Phi) is 5.84. The number of benzene rings is 1. The molecule has 1 atom stereocenters. The van der Waals surface area contributed by atoms with Crippen molar-refractivity contribution in [3.8, 4) is 11.5 Å². The Morgan fingerprint density at radius 1 is 1.25 bits per heavy atom. The fourth-order valence-electron chi connectivity index (χ4n) is 2.33. The van der Waals surface area contributed by atoms with Gasteiger partial charge in [-0.3, -0.25) is 9.48 Å². The van der Waals surface area contributed by atoms with Gasteiger partial charge in [0.1, 0.15) is 5.69 Å². The molecule has 1 aromatic heterocycles. The fraction of sp³-hybridized carbons (Fsp3) is 0.444. The number of aromatic nitrogens is 2. The van der Waals surface area contributed by atoms with Crippen LogP contribution < -0.4 is 14.8 Å². The Labute approximate surface area is 142 Å². The van der Waals surface area contributed by atoms with E-state index in [1.54, 1.807) is 17.9 Å². The van der Waals surface area contributed by atoms with E-state index in [0.717, 1.165) is 5.56 Å². The van der Waals surface area contributed by atoms with Crippen molar-refractivity contribution in [1.29, 1.82) is 0 Å². The second-order valence-electron chi connectivity index (χ2n) is 5.81. The first-order valence-corrected chi connectivity index (χ1v) is 8.13. The number of hydrogen-bond donors (Lipinski definition) is 1. The molecule has 0 fully saturated rings. The zero-order chi connectivity index (χ0) is 17.7. The van der Waals surface area contributed by atoms with Crippen LogP contribution in [-0.2, 0) is 0 Å². The number of hydrogen-bond acceptors (Lipinski definition) is 4. The monoisotopic (exact) mass is 331 g/mol. The van der Waals surface area contributed by atoms with E-state index in [1.807, 2.05) is 52.1 Å².